The Morgan fingerprint density at radius 2 is 1.61 bits per heavy atom. The molecule has 3 N–H and O–H groups in total. The molecule has 0 radical (unpaired) electrons. The summed E-state index contributed by atoms with van der Waals surface area (Å²) in [5, 5.41) is 10.7. The van der Waals surface area contributed by atoms with E-state index in [4.69, 9.17) is 15.2 Å². The average Bonchev–Trinajstić information content (AvgIpc) is 2.79. The zero-order chi connectivity index (χ0) is 13.2. The summed E-state index contributed by atoms with van der Waals surface area (Å²) in [6.07, 6.45) is 4.86. The van der Waals surface area contributed by atoms with Crippen LogP contribution in [0.5, 0.6) is 0 Å². The van der Waals surface area contributed by atoms with Crippen LogP contribution in [0.1, 0.15) is 52.4 Å². The van der Waals surface area contributed by atoms with Gasteiger partial charge in [0.25, 0.3) is 0 Å². The second-order valence-electron chi connectivity index (χ2n) is 6.29. The zero-order valence-corrected chi connectivity index (χ0v) is 11.7. The summed E-state index contributed by atoms with van der Waals surface area (Å²) < 4.78 is 11.4. The van der Waals surface area contributed by atoms with Gasteiger partial charge in [-0.25, -0.2) is 0 Å². The quantitative estimate of drug-likeness (QED) is 0.806. The van der Waals surface area contributed by atoms with Crippen LogP contribution in [-0.2, 0) is 9.47 Å². The van der Waals surface area contributed by atoms with Gasteiger partial charge in [0.15, 0.2) is 5.79 Å². The molecule has 1 atom stereocenters. The average molecular weight is 257 g/mol. The van der Waals surface area contributed by atoms with E-state index in [2.05, 4.69) is 13.8 Å². The molecule has 18 heavy (non-hydrogen) atoms. The molecule has 0 bridgehead atoms. The minimum Gasteiger partial charge on any atom is -0.388 e. The molecule has 1 saturated carbocycles. The van der Waals surface area contributed by atoms with Crippen LogP contribution < -0.4 is 5.73 Å². The molecular weight excluding hydrogens is 230 g/mol. The van der Waals surface area contributed by atoms with E-state index in [0.29, 0.717) is 32.0 Å². The molecule has 2 aliphatic rings. The minimum absolute atomic E-state index is 0.126. The number of nitrogens with two attached hydrogens (primary N) is 1. The highest BCUT2D eigenvalue weighted by Gasteiger charge is 2.47. The lowest BCUT2D eigenvalue weighted by Gasteiger charge is -2.43. The molecule has 1 saturated heterocycles. The largest absolute Gasteiger partial charge is 0.388 e. The fraction of sp³-hybridized carbons (Fsp3) is 1.00. The van der Waals surface area contributed by atoms with Crippen LogP contribution in [0, 0.1) is 5.92 Å². The molecule has 1 spiro atoms. The third-order valence-corrected chi connectivity index (χ3v) is 4.44. The lowest BCUT2D eigenvalue weighted by atomic mass is 9.75. The molecule has 0 aromatic heterocycles. The van der Waals surface area contributed by atoms with E-state index in [1.54, 1.807) is 0 Å². The number of ether oxygens (including phenoxy) is 2. The van der Waals surface area contributed by atoms with Gasteiger partial charge in [0.2, 0.25) is 0 Å². The van der Waals surface area contributed by atoms with Crippen molar-refractivity contribution < 1.29 is 14.6 Å². The molecule has 0 aromatic rings. The molecule has 4 nitrogen and oxygen atoms in total. The normalized spacial score (nSPS) is 27.8. The third kappa shape index (κ3) is 3.05. The first kappa shape index (κ1) is 14.3. The predicted octanol–water partition coefficient (Wildman–Crippen LogP) is 1.80. The van der Waals surface area contributed by atoms with Crippen molar-refractivity contribution in [2.24, 2.45) is 11.7 Å². The Bertz CT molecular complexity index is 264. The predicted molar refractivity (Wildman–Crippen MR) is 70.1 cm³/mol. The van der Waals surface area contributed by atoms with Crippen molar-refractivity contribution in [1.29, 1.82) is 0 Å². The first-order chi connectivity index (χ1) is 8.46. The van der Waals surface area contributed by atoms with Gasteiger partial charge >= 0.3 is 0 Å². The maximum absolute atomic E-state index is 10.7. The molecule has 1 unspecified atom stereocenters. The summed E-state index contributed by atoms with van der Waals surface area (Å²) in [4.78, 5) is 0. The fourth-order valence-corrected chi connectivity index (χ4v) is 3.00. The highest BCUT2D eigenvalue weighted by atomic mass is 16.7. The van der Waals surface area contributed by atoms with Crippen molar-refractivity contribution in [3.63, 3.8) is 0 Å². The first-order valence-corrected chi connectivity index (χ1v) is 7.22. The smallest absolute Gasteiger partial charge is 0.168 e. The molecule has 1 heterocycles. The summed E-state index contributed by atoms with van der Waals surface area (Å²) in [7, 11) is 0. The van der Waals surface area contributed by atoms with Gasteiger partial charge in [-0.1, -0.05) is 13.8 Å². The number of hydrogen-bond donors (Lipinski definition) is 2. The lowest BCUT2D eigenvalue weighted by Crippen LogP contribution is -2.53. The molecule has 4 heteroatoms. The molecular formula is C14H27NO3. The Morgan fingerprint density at radius 3 is 2.11 bits per heavy atom. The Labute approximate surface area is 110 Å². The van der Waals surface area contributed by atoms with Gasteiger partial charge in [0.05, 0.1) is 18.8 Å². The maximum Gasteiger partial charge on any atom is 0.168 e. The van der Waals surface area contributed by atoms with Crippen molar-refractivity contribution in [2.45, 2.75) is 69.8 Å². The zero-order valence-electron chi connectivity index (χ0n) is 11.7. The van der Waals surface area contributed by atoms with Crippen molar-refractivity contribution in [3.8, 4) is 0 Å². The summed E-state index contributed by atoms with van der Waals surface area (Å²) in [5.74, 6) is 0.223. The van der Waals surface area contributed by atoms with Gasteiger partial charge < -0.3 is 20.3 Å². The van der Waals surface area contributed by atoms with Crippen LogP contribution in [0.15, 0.2) is 0 Å². The van der Waals surface area contributed by atoms with E-state index < -0.39 is 11.4 Å². The summed E-state index contributed by atoms with van der Waals surface area (Å²) in [6.45, 7) is 5.73. The Morgan fingerprint density at radius 1 is 1.06 bits per heavy atom. The standard InChI is InChI=1S/C14H27NO3/c1-11(2)3-4-12(15)13(16)5-7-14(8-6-13)17-9-10-18-14/h11-12,16H,3-10,15H2,1-2H3. The molecule has 1 aliphatic carbocycles. The van der Waals surface area contributed by atoms with Gasteiger partial charge in [-0.3, -0.25) is 0 Å². The second kappa shape index (κ2) is 5.45. The molecule has 0 amide bonds. The van der Waals surface area contributed by atoms with Gasteiger partial charge in [0, 0.05) is 18.9 Å². The van der Waals surface area contributed by atoms with Crippen molar-refractivity contribution in [1.82, 2.24) is 0 Å². The highest BCUT2D eigenvalue weighted by molar-refractivity contribution is 4.97. The third-order valence-electron chi connectivity index (χ3n) is 4.44. The van der Waals surface area contributed by atoms with E-state index >= 15 is 0 Å². The lowest BCUT2D eigenvalue weighted by molar-refractivity contribution is -0.205. The highest BCUT2D eigenvalue weighted by Crippen LogP contribution is 2.41. The summed E-state index contributed by atoms with van der Waals surface area (Å²) >= 11 is 0. The number of aliphatic hydroxyl groups is 1. The minimum atomic E-state index is -0.727. The topological polar surface area (TPSA) is 64.7 Å². The maximum atomic E-state index is 10.7. The molecule has 106 valence electrons. The van der Waals surface area contributed by atoms with Gasteiger partial charge in [0.1, 0.15) is 0 Å². The Kier molecular flexibility index (Phi) is 4.32. The second-order valence-corrected chi connectivity index (χ2v) is 6.29. The fourth-order valence-electron chi connectivity index (χ4n) is 3.00. The first-order valence-electron chi connectivity index (χ1n) is 7.22. The number of rotatable bonds is 4. The van der Waals surface area contributed by atoms with Gasteiger partial charge in [-0.2, -0.15) is 0 Å². The van der Waals surface area contributed by atoms with Crippen molar-refractivity contribution in [3.05, 3.63) is 0 Å². The van der Waals surface area contributed by atoms with Crippen LogP contribution in [0.25, 0.3) is 0 Å². The Hall–Kier alpha value is -0.160. The van der Waals surface area contributed by atoms with Crippen LogP contribution in [0.2, 0.25) is 0 Å². The molecule has 0 aromatic carbocycles. The van der Waals surface area contributed by atoms with Crippen LogP contribution in [0.3, 0.4) is 0 Å². The van der Waals surface area contributed by atoms with Crippen LogP contribution in [0.4, 0.5) is 0 Å². The van der Waals surface area contributed by atoms with Crippen molar-refractivity contribution in [2.75, 3.05) is 13.2 Å². The van der Waals surface area contributed by atoms with Gasteiger partial charge in [-0.15, -0.1) is 0 Å². The van der Waals surface area contributed by atoms with E-state index in [1.807, 2.05) is 0 Å². The van der Waals surface area contributed by atoms with E-state index in [9.17, 15) is 5.11 Å². The van der Waals surface area contributed by atoms with Crippen molar-refractivity contribution >= 4 is 0 Å². The van der Waals surface area contributed by atoms with Gasteiger partial charge in [-0.05, 0) is 31.6 Å². The molecule has 2 rings (SSSR count). The summed E-state index contributed by atoms with van der Waals surface area (Å²) in [5.41, 5.74) is 5.46. The summed E-state index contributed by atoms with van der Waals surface area (Å²) in [6, 6.07) is -0.126. The van der Waals surface area contributed by atoms with E-state index in [-0.39, 0.29) is 6.04 Å². The molecule has 2 fully saturated rings. The number of hydrogen-bond acceptors (Lipinski definition) is 4. The SMILES string of the molecule is CC(C)CCC(N)C1(O)CCC2(CC1)OCCO2. The molecule has 1 aliphatic heterocycles. The monoisotopic (exact) mass is 257 g/mol. The van der Waals surface area contributed by atoms with Crippen LogP contribution >= 0.6 is 0 Å². The van der Waals surface area contributed by atoms with Crippen LogP contribution in [-0.4, -0.2) is 35.8 Å². The van der Waals surface area contributed by atoms with E-state index in [1.165, 1.54) is 0 Å². The Balaban J connectivity index is 1.85. The van der Waals surface area contributed by atoms with E-state index in [0.717, 1.165) is 25.7 Å².